The molecule has 2 aromatic carbocycles. The van der Waals surface area contributed by atoms with Crippen molar-refractivity contribution in [3.05, 3.63) is 58.6 Å². The maximum atomic E-state index is 12.0. The fourth-order valence-corrected chi connectivity index (χ4v) is 4.23. The summed E-state index contributed by atoms with van der Waals surface area (Å²) in [6.07, 6.45) is 1.58. The molecule has 0 aliphatic heterocycles. The molecule has 0 fully saturated rings. The summed E-state index contributed by atoms with van der Waals surface area (Å²) < 4.78 is 7.56. The van der Waals surface area contributed by atoms with Crippen LogP contribution in [0.4, 0.5) is 0 Å². The molecule has 0 saturated carbocycles. The topological polar surface area (TPSA) is 50.7 Å². The molecule has 2 aromatic rings. The zero-order chi connectivity index (χ0) is 17.7. The molecule has 0 unspecified atom stereocenters. The van der Waals surface area contributed by atoms with E-state index in [0.29, 0.717) is 22.2 Å². The Hall–Kier alpha value is -0.580. The quantitative estimate of drug-likeness (QED) is 0.290. The van der Waals surface area contributed by atoms with Crippen molar-refractivity contribution >= 4 is 80.5 Å². The standard InChI is InChI=1S/C16H12Cl2I2N2O2/c1-2-24-15-13(19)5-9(6-14(15)20)8-21-22-16(23)10-3-4-11(17)12(18)7-10/h3-8H,2H2,1H3,(H,22,23)/b21-8-. The first-order chi connectivity index (χ1) is 11.4. The highest BCUT2D eigenvalue weighted by Gasteiger charge is 2.09. The first kappa shape index (κ1) is 19.7. The Morgan fingerprint density at radius 1 is 1.21 bits per heavy atom. The lowest BCUT2D eigenvalue weighted by atomic mass is 10.2. The largest absolute Gasteiger partial charge is 0.492 e. The second-order valence-corrected chi connectivity index (χ2v) is 7.71. The summed E-state index contributed by atoms with van der Waals surface area (Å²) in [6.45, 7) is 2.55. The zero-order valence-electron chi connectivity index (χ0n) is 12.4. The van der Waals surface area contributed by atoms with Crippen LogP contribution in [-0.4, -0.2) is 18.7 Å². The second kappa shape index (κ2) is 9.21. The van der Waals surface area contributed by atoms with Crippen molar-refractivity contribution < 1.29 is 9.53 Å². The van der Waals surface area contributed by atoms with Crippen LogP contribution in [0.1, 0.15) is 22.8 Å². The van der Waals surface area contributed by atoms with E-state index in [-0.39, 0.29) is 5.91 Å². The highest BCUT2D eigenvalue weighted by atomic mass is 127. The molecule has 0 radical (unpaired) electrons. The van der Waals surface area contributed by atoms with Crippen LogP contribution in [0.15, 0.2) is 35.4 Å². The Labute approximate surface area is 177 Å². The van der Waals surface area contributed by atoms with Gasteiger partial charge in [-0.15, -0.1) is 0 Å². The number of benzene rings is 2. The third-order valence-corrected chi connectivity index (χ3v) is 5.21. The molecule has 8 heteroatoms. The van der Waals surface area contributed by atoms with Crippen LogP contribution in [-0.2, 0) is 0 Å². The molecule has 0 saturated heterocycles. The van der Waals surface area contributed by atoms with E-state index in [4.69, 9.17) is 27.9 Å². The van der Waals surface area contributed by atoms with Crippen LogP contribution in [0.3, 0.4) is 0 Å². The molecule has 126 valence electrons. The van der Waals surface area contributed by atoms with E-state index in [1.807, 2.05) is 19.1 Å². The first-order valence-corrected chi connectivity index (χ1v) is 9.74. The molecule has 0 aliphatic carbocycles. The molecular formula is C16H12Cl2I2N2O2. The zero-order valence-corrected chi connectivity index (χ0v) is 18.3. The molecule has 0 heterocycles. The number of hydrogen-bond donors (Lipinski definition) is 1. The average Bonchev–Trinajstić information content (AvgIpc) is 2.53. The number of carbonyl (C=O) groups excluding carboxylic acids is 1. The summed E-state index contributed by atoms with van der Waals surface area (Å²) in [6, 6.07) is 8.52. The molecule has 0 bridgehead atoms. The molecule has 1 N–H and O–H groups in total. The lowest BCUT2D eigenvalue weighted by Gasteiger charge is -2.09. The third kappa shape index (κ3) is 5.21. The summed E-state index contributed by atoms with van der Waals surface area (Å²) in [5, 5.41) is 4.70. The van der Waals surface area contributed by atoms with E-state index in [9.17, 15) is 4.79 Å². The highest BCUT2D eigenvalue weighted by molar-refractivity contribution is 14.1. The Morgan fingerprint density at radius 2 is 1.88 bits per heavy atom. The summed E-state index contributed by atoms with van der Waals surface area (Å²) in [4.78, 5) is 12.0. The molecule has 0 spiro atoms. The average molecular weight is 589 g/mol. The van der Waals surface area contributed by atoms with Crippen molar-refractivity contribution in [3.8, 4) is 5.75 Å². The van der Waals surface area contributed by atoms with Gasteiger partial charge in [0.25, 0.3) is 5.91 Å². The van der Waals surface area contributed by atoms with Gasteiger partial charge < -0.3 is 4.74 Å². The van der Waals surface area contributed by atoms with E-state index in [0.717, 1.165) is 18.5 Å². The monoisotopic (exact) mass is 588 g/mol. The smallest absolute Gasteiger partial charge is 0.271 e. The van der Waals surface area contributed by atoms with Crippen molar-refractivity contribution in [2.24, 2.45) is 5.10 Å². The minimum absolute atomic E-state index is 0.323. The lowest BCUT2D eigenvalue weighted by molar-refractivity contribution is 0.0955. The Kier molecular flexibility index (Phi) is 7.58. The molecule has 2 rings (SSSR count). The Balaban J connectivity index is 2.08. The Bertz CT molecular complexity index is 775. The molecule has 0 aliphatic rings. The molecule has 4 nitrogen and oxygen atoms in total. The Morgan fingerprint density at radius 3 is 2.46 bits per heavy atom. The van der Waals surface area contributed by atoms with Gasteiger partial charge in [-0.3, -0.25) is 4.79 Å². The van der Waals surface area contributed by atoms with E-state index < -0.39 is 0 Å². The number of hydrazone groups is 1. The van der Waals surface area contributed by atoms with Gasteiger partial charge >= 0.3 is 0 Å². The number of halogens is 4. The molecular weight excluding hydrogens is 577 g/mol. The van der Waals surface area contributed by atoms with Crippen molar-refractivity contribution in [1.29, 1.82) is 0 Å². The maximum absolute atomic E-state index is 12.0. The third-order valence-electron chi connectivity index (χ3n) is 2.87. The van der Waals surface area contributed by atoms with Gasteiger partial charge in [0.2, 0.25) is 0 Å². The number of nitrogens with zero attached hydrogens (tertiary/aromatic N) is 1. The normalized spacial score (nSPS) is 10.9. The summed E-state index contributed by atoms with van der Waals surface area (Å²) in [7, 11) is 0. The van der Waals surface area contributed by atoms with Crippen molar-refractivity contribution in [2.75, 3.05) is 6.61 Å². The van der Waals surface area contributed by atoms with Gasteiger partial charge in [-0.2, -0.15) is 5.10 Å². The number of amides is 1. The maximum Gasteiger partial charge on any atom is 0.271 e. The van der Waals surface area contributed by atoms with Gasteiger partial charge in [0, 0.05) is 5.56 Å². The number of nitrogens with one attached hydrogen (secondary N) is 1. The predicted molar refractivity (Wildman–Crippen MR) is 115 cm³/mol. The van der Waals surface area contributed by atoms with E-state index in [1.54, 1.807) is 18.3 Å². The van der Waals surface area contributed by atoms with E-state index in [1.165, 1.54) is 6.07 Å². The van der Waals surface area contributed by atoms with Crippen LogP contribution in [0, 0.1) is 7.14 Å². The summed E-state index contributed by atoms with van der Waals surface area (Å²) in [5.41, 5.74) is 3.71. The summed E-state index contributed by atoms with van der Waals surface area (Å²) >= 11 is 16.1. The van der Waals surface area contributed by atoms with Crippen LogP contribution < -0.4 is 10.2 Å². The van der Waals surface area contributed by atoms with Gasteiger partial charge in [0.1, 0.15) is 5.75 Å². The van der Waals surface area contributed by atoms with Crippen LogP contribution in [0.25, 0.3) is 0 Å². The molecule has 0 aromatic heterocycles. The van der Waals surface area contributed by atoms with Crippen molar-refractivity contribution in [3.63, 3.8) is 0 Å². The van der Waals surface area contributed by atoms with Crippen LogP contribution >= 0.6 is 68.4 Å². The number of carbonyl (C=O) groups is 1. The van der Waals surface area contributed by atoms with Gasteiger partial charge in [-0.1, -0.05) is 23.2 Å². The number of hydrogen-bond acceptors (Lipinski definition) is 3. The predicted octanol–water partition coefficient (Wildman–Crippen LogP) is 5.37. The molecule has 1 amide bonds. The van der Waals surface area contributed by atoms with Crippen molar-refractivity contribution in [2.45, 2.75) is 6.92 Å². The fraction of sp³-hybridized carbons (Fsp3) is 0.125. The number of ether oxygens (including phenoxy) is 1. The first-order valence-electron chi connectivity index (χ1n) is 6.82. The minimum atomic E-state index is -0.361. The minimum Gasteiger partial charge on any atom is -0.492 e. The SMILES string of the molecule is CCOc1c(I)cc(/C=N\NC(=O)c2ccc(Cl)c(Cl)c2)cc1I. The van der Waals surface area contributed by atoms with E-state index >= 15 is 0 Å². The van der Waals surface area contributed by atoms with Gasteiger partial charge in [0.05, 0.1) is 30.0 Å². The van der Waals surface area contributed by atoms with Gasteiger partial charge in [-0.05, 0) is 88.0 Å². The van der Waals surface area contributed by atoms with Gasteiger partial charge in [0.15, 0.2) is 0 Å². The van der Waals surface area contributed by atoms with Crippen LogP contribution in [0.2, 0.25) is 10.0 Å². The van der Waals surface area contributed by atoms with Gasteiger partial charge in [-0.25, -0.2) is 5.43 Å². The number of rotatable bonds is 5. The van der Waals surface area contributed by atoms with Crippen LogP contribution in [0.5, 0.6) is 5.75 Å². The van der Waals surface area contributed by atoms with E-state index in [2.05, 4.69) is 55.7 Å². The lowest BCUT2D eigenvalue weighted by Crippen LogP contribution is -2.17. The second-order valence-electron chi connectivity index (χ2n) is 4.57. The molecule has 24 heavy (non-hydrogen) atoms. The highest BCUT2D eigenvalue weighted by Crippen LogP contribution is 2.28. The summed E-state index contributed by atoms with van der Waals surface area (Å²) in [5.74, 6) is 0.496. The fourth-order valence-electron chi connectivity index (χ4n) is 1.80. The van der Waals surface area contributed by atoms with Crippen molar-refractivity contribution in [1.82, 2.24) is 5.43 Å². The molecule has 0 atom stereocenters.